The molecule has 8 nitrogen and oxygen atoms in total. The number of amides is 1. The Morgan fingerprint density at radius 2 is 1.77 bits per heavy atom. The minimum Gasteiger partial charge on any atom is -0.444 e. The van der Waals surface area contributed by atoms with E-state index in [-0.39, 0.29) is 17.4 Å². The van der Waals surface area contributed by atoms with Crippen LogP contribution < -0.4 is 10.9 Å². The van der Waals surface area contributed by atoms with Gasteiger partial charge >= 0.3 is 6.09 Å². The van der Waals surface area contributed by atoms with Crippen molar-refractivity contribution >= 4 is 11.9 Å². The van der Waals surface area contributed by atoms with Gasteiger partial charge in [-0.05, 0) is 40.7 Å². The molecule has 0 atom stereocenters. The van der Waals surface area contributed by atoms with Crippen molar-refractivity contribution in [2.75, 3.05) is 5.32 Å². The molecule has 156 valence electrons. The number of rotatable bonds is 4. The first-order valence-corrected chi connectivity index (χ1v) is 9.67. The van der Waals surface area contributed by atoms with E-state index in [1.54, 1.807) is 26.8 Å². The molecule has 0 saturated heterocycles. The number of nitrogens with zero attached hydrogens (tertiary/aromatic N) is 4. The second kappa shape index (κ2) is 8.44. The van der Waals surface area contributed by atoms with E-state index >= 15 is 0 Å². The van der Waals surface area contributed by atoms with Gasteiger partial charge < -0.3 is 4.74 Å². The number of benzene rings is 1. The lowest BCUT2D eigenvalue weighted by molar-refractivity contribution is 0.0635. The van der Waals surface area contributed by atoms with E-state index in [9.17, 15) is 9.59 Å². The predicted molar refractivity (Wildman–Crippen MR) is 115 cm³/mol. The fraction of sp³-hybridized carbons (Fsp3) is 0.318. The molecule has 0 bridgehead atoms. The number of nitrogens with one attached hydrogen (secondary N) is 1. The summed E-state index contributed by atoms with van der Waals surface area (Å²) in [5.74, 6) is 0.254. The number of aromatic nitrogens is 4. The average Bonchev–Trinajstić information content (AvgIpc) is 2.67. The van der Waals surface area contributed by atoms with Gasteiger partial charge in [-0.1, -0.05) is 30.3 Å². The van der Waals surface area contributed by atoms with Crippen molar-refractivity contribution in [2.24, 2.45) is 0 Å². The summed E-state index contributed by atoms with van der Waals surface area (Å²) in [5, 5.41) is 7.07. The van der Waals surface area contributed by atoms with Crippen LogP contribution in [0.15, 0.2) is 53.5 Å². The SMILES string of the molecule is CC(C)n1nc(-c2ncc(NC(=O)OC(C)(C)C)nc2-c2ccccc2)ccc1=O. The molecule has 0 fully saturated rings. The Morgan fingerprint density at radius 3 is 2.40 bits per heavy atom. The maximum atomic E-state index is 12.1. The first kappa shape index (κ1) is 21.2. The van der Waals surface area contributed by atoms with Gasteiger partial charge in [-0.25, -0.2) is 19.4 Å². The normalized spacial score (nSPS) is 11.4. The number of hydrogen-bond acceptors (Lipinski definition) is 6. The summed E-state index contributed by atoms with van der Waals surface area (Å²) in [6.07, 6.45) is 0.827. The molecule has 0 aliphatic heterocycles. The van der Waals surface area contributed by atoms with Gasteiger partial charge in [-0.15, -0.1) is 0 Å². The molecule has 0 spiro atoms. The lowest BCUT2D eigenvalue weighted by Crippen LogP contribution is -2.27. The fourth-order valence-corrected chi connectivity index (χ4v) is 2.76. The third kappa shape index (κ3) is 5.08. The molecule has 8 heteroatoms. The summed E-state index contributed by atoms with van der Waals surface area (Å²) < 4.78 is 6.69. The van der Waals surface area contributed by atoms with Crippen LogP contribution in [-0.4, -0.2) is 31.4 Å². The quantitative estimate of drug-likeness (QED) is 0.692. The molecule has 0 aliphatic carbocycles. The highest BCUT2D eigenvalue weighted by molar-refractivity contribution is 5.85. The monoisotopic (exact) mass is 407 g/mol. The van der Waals surface area contributed by atoms with Crippen molar-refractivity contribution in [1.82, 2.24) is 19.7 Å². The van der Waals surface area contributed by atoms with Crippen LogP contribution in [0.25, 0.3) is 22.6 Å². The van der Waals surface area contributed by atoms with Gasteiger partial charge in [0.05, 0.1) is 12.2 Å². The number of carbonyl (C=O) groups is 1. The Hall–Kier alpha value is -3.55. The lowest BCUT2D eigenvalue weighted by atomic mass is 10.1. The minimum absolute atomic E-state index is 0.0984. The molecule has 2 aromatic heterocycles. The molecule has 30 heavy (non-hydrogen) atoms. The zero-order chi connectivity index (χ0) is 21.9. The number of anilines is 1. The van der Waals surface area contributed by atoms with Crippen molar-refractivity contribution in [2.45, 2.75) is 46.3 Å². The second-order valence-corrected chi connectivity index (χ2v) is 8.04. The van der Waals surface area contributed by atoms with Crippen molar-refractivity contribution < 1.29 is 9.53 Å². The molecule has 3 aromatic rings. The van der Waals surface area contributed by atoms with Crippen molar-refractivity contribution in [3.63, 3.8) is 0 Å². The summed E-state index contributed by atoms with van der Waals surface area (Å²) in [6, 6.07) is 12.4. The van der Waals surface area contributed by atoms with Crippen LogP contribution in [0, 0.1) is 0 Å². The molecule has 2 heterocycles. The summed E-state index contributed by atoms with van der Waals surface area (Å²) >= 11 is 0. The third-order valence-electron chi connectivity index (χ3n) is 4.01. The van der Waals surface area contributed by atoms with Gasteiger partial charge in [-0.3, -0.25) is 10.1 Å². The van der Waals surface area contributed by atoms with Gasteiger partial charge in [0.1, 0.15) is 22.7 Å². The Kier molecular flexibility index (Phi) is 5.96. The first-order valence-electron chi connectivity index (χ1n) is 9.67. The zero-order valence-corrected chi connectivity index (χ0v) is 17.7. The van der Waals surface area contributed by atoms with Gasteiger partial charge in [0.25, 0.3) is 5.56 Å². The van der Waals surface area contributed by atoms with Crippen molar-refractivity contribution in [1.29, 1.82) is 0 Å². The lowest BCUT2D eigenvalue weighted by Gasteiger charge is -2.19. The second-order valence-electron chi connectivity index (χ2n) is 8.04. The summed E-state index contributed by atoms with van der Waals surface area (Å²) in [6.45, 7) is 9.12. The van der Waals surface area contributed by atoms with Crippen molar-refractivity contribution in [3.8, 4) is 22.6 Å². The van der Waals surface area contributed by atoms with Crippen LogP contribution in [0.2, 0.25) is 0 Å². The van der Waals surface area contributed by atoms with E-state index in [1.165, 1.54) is 16.9 Å². The number of carbonyl (C=O) groups excluding carboxylic acids is 1. The Balaban J connectivity index is 2.07. The van der Waals surface area contributed by atoms with Crippen LogP contribution >= 0.6 is 0 Å². The molecule has 0 radical (unpaired) electrons. The summed E-state index contributed by atoms with van der Waals surface area (Å²) in [5.41, 5.74) is 1.53. The van der Waals surface area contributed by atoms with Crippen molar-refractivity contribution in [3.05, 3.63) is 59.0 Å². The van der Waals surface area contributed by atoms with E-state index in [0.717, 1.165) is 5.56 Å². The van der Waals surface area contributed by atoms with E-state index in [4.69, 9.17) is 4.74 Å². The van der Waals surface area contributed by atoms with Gasteiger partial charge in [0, 0.05) is 11.6 Å². The van der Waals surface area contributed by atoms with Crippen LogP contribution in [-0.2, 0) is 4.74 Å². The first-order chi connectivity index (χ1) is 14.1. The van der Waals surface area contributed by atoms with E-state index < -0.39 is 11.7 Å². The van der Waals surface area contributed by atoms with E-state index in [1.807, 2.05) is 44.2 Å². The van der Waals surface area contributed by atoms with Crippen LogP contribution in [0.1, 0.15) is 40.7 Å². The summed E-state index contributed by atoms with van der Waals surface area (Å²) in [4.78, 5) is 33.3. The van der Waals surface area contributed by atoms with Gasteiger partial charge in [0.15, 0.2) is 5.82 Å². The molecule has 0 unspecified atom stereocenters. The molecule has 3 rings (SSSR count). The van der Waals surface area contributed by atoms with Gasteiger partial charge in [0.2, 0.25) is 0 Å². The molecule has 1 aromatic carbocycles. The topological polar surface area (TPSA) is 99.0 Å². The maximum absolute atomic E-state index is 12.1. The zero-order valence-electron chi connectivity index (χ0n) is 17.7. The van der Waals surface area contributed by atoms with E-state index in [2.05, 4.69) is 20.4 Å². The number of hydrogen-bond donors (Lipinski definition) is 1. The predicted octanol–water partition coefficient (Wildman–Crippen LogP) is 4.30. The van der Waals surface area contributed by atoms with Crippen LogP contribution in [0.4, 0.5) is 10.6 Å². The molecule has 0 saturated carbocycles. The standard InChI is InChI=1S/C22H25N5O3/c1-14(2)27-18(28)12-11-16(26-27)20-19(15-9-7-6-8-10-15)24-17(13-23-20)25-21(29)30-22(3,4)5/h6-14H,1-5H3,(H,24,25,29). The van der Waals surface area contributed by atoms with Crippen LogP contribution in [0.3, 0.4) is 0 Å². The fourth-order valence-electron chi connectivity index (χ4n) is 2.76. The third-order valence-corrected chi connectivity index (χ3v) is 4.01. The molecular formula is C22H25N5O3. The highest BCUT2D eigenvalue weighted by Gasteiger charge is 2.19. The minimum atomic E-state index is -0.631. The highest BCUT2D eigenvalue weighted by atomic mass is 16.6. The molecule has 1 N–H and O–H groups in total. The Labute approximate surface area is 175 Å². The maximum Gasteiger partial charge on any atom is 0.413 e. The molecule has 1 amide bonds. The Morgan fingerprint density at radius 1 is 1.07 bits per heavy atom. The van der Waals surface area contributed by atoms with Crippen LogP contribution in [0.5, 0.6) is 0 Å². The average molecular weight is 407 g/mol. The molecular weight excluding hydrogens is 382 g/mol. The molecule has 0 aliphatic rings. The smallest absolute Gasteiger partial charge is 0.413 e. The van der Waals surface area contributed by atoms with E-state index in [0.29, 0.717) is 17.1 Å². The largest absolute Gasteiger partial charge is 0.444 e. The van der Waals surface area contributed by atoms with Gasteiger partial charge in [-0.2, -0.15) is 5.10 Å². The summed E-state index contributed by atoms with van der Waals surface area (Å²) in [7, 11) is 0. The highest BCUT2D eigenvalue weighted by Crippen LogP contribution is 2.28. The number of ether oxygens (including phenoxy) is 1. The Bertz CT molecular complexity index is 1100.